The summed E-state index contributed by atoms with van der Waals surface area (Å²) in [6, 6.07) is 18.5. The van der Waals surface area contributed by atoms with Crippen LogP contribution in [0.25, 0.3) is 33.5 Å². The van der Waals surface area contributed by atoms with E-state index in [0.717, 1.165) is 49.2 Å². The lowest BCUT2D eigenvalue weighted by atomic mass is 10.0. The van der Waals surface area contributed by atoms with E-state index < -0.39 is 10.8 Å². The molecule has 0 amide bonds. The van der Waals surface area contributed by atoms with Gasteiger partial charge in [0, 0.05) is 25.5 Å². The molecule has 5 rings (SSSR count). The molecule has 9 heteroatoms. The van der Waals surface area contributed by atoms with E-state index in [4.69, 9.17) is 14.5 Å². The largest absolute Gasteiger partial charge is 0.494 e. The second kappa shape index (κ2) is 11.0. The summed E-state index contributed by atoms with van der Waals surface area (Å²) in [6.07, 6.45) is 1.66. The van der Waals surface area contributed by atoms with Gasteiger partial charge in [0.05, 0.1) is 46.6 Å². The first kappa shape index (κ1) is 26.6. The van der Waals surface area contributed by atoms with Crippen LogP contribution in [0.1, 0.15) is 30.9 Å². The maximum atomic E-state index is 12.6. The van der Waals surface area contributed by atoms with Gasteiger partial charge in [-0.15, -0.1) is 0 Å². The number of halogens is 1. The van der Waals surface area contributed by atoms with Crippen molar-refractivity contribution >= 4 is 48.8 Å². The SMILES string of the molecule is COCCn1c(-c2ccc(C(C)C)cc2)nc2c(Br)c(Cn3c(S(C)=O)nc4ccccc43)cc(OC)c21. The Balaban J connectivity index is 1.70. The molecule has 0 aliphatic heterocycles. The van der Waals surface area contributed by atoms with Crippen LogP contribution in [0.3, 0.4) is 0 Å². The summed E-state index contributed by atoms with van der Waals surface area (Å²) >= 11 is 3.86. The molecule has 0 aliphatic rings. The lowest BCUT2D eigenvalue weighted by Gasteiger charge is -2.15. The molecule has 5 aromatic rings. The molecule has 0 spiro atoms. The Morgan fingerprint density at radius 1 is 1.03 bits per heavy atom. The molecule has 0 bridgehead atoms. The van der Waals surface area contributed by atoms with E-state index in [1.165, 1.54) is 5.56 Å². The summed E-state index contributed by atoms with van der Waals surface area (Å²) in [4.78, 5) is 9.76. The van der Waals surface area contributed by atoms with Crippen LogP contribution in [0.4, 0.5) is 0 Å². The zero-order valence-electron chi connectivity index (χ0n) is 22.2. The fraction of sp³-hybridized carbons (Fsp3) is 0.310. The van der Waals surface area contributed by atoms with Gasteiger partial charge in [0.1, 0.15) is 22.6 Å². The van der Waals surface area contributed by atoms with E-state index >= 15 is 0 Å². The molecule has 0 saturated heterocycles. The van der Waals surface area contributed by atoms with Crippen LogP contribution in [0.5, 0.6) is 5.75 Å². The molecule has 0 saturated carbocycles. The molecule has 2 aromatic heterocycles. The van der Waals surface area contributed by atoms with Crippen molar-refractivity contribution in [2.24, 2.45) is 0 Å². The normalized spacial score (nSPS) is 12.6. The van der Waals surface area contributed by atoms with E-state index in [2.05, 4.69) is 63.6 Å². The number of benzene rings is 3. The molecule has 198 valence electrons. The number of hydrogen-bond acceptors (Lipinski definition) is 5. The molecule has 1 unspecified atom stereocenters. The first-order chi connectivity index (χ1) is 18.3. The Bertz CT molecular complexity index is 1640. The Kier molecular flexibility index (Phi) is 7.70. The number of methoxy groups -OCH3 is 2. The first-order valence-corrected chi connectivity index (χ1v) is 14.8. The van der Waals surface area contributed by atoms with E-state index in [0.29, 0.717) is 30.8 Å². The van der Waals surface area contributed by atoms with E-state index in [-0.39, 0.29) is 0 Å². The van der Waals surface area contributed by atoms with Gasteiger partial charge in [-0.2, -0.15) is 0 Å². The number of rotatable bonds is 9. The number of aromatic nitrogens is 4. The number of ether oxygens (including phenoxy) is 2. The van der Waals surface area contributed by atoms with E-state index in [1.54, 1.807) is 20.5 Å². The third-order valence-electron chi connectivity index (χ3n) is 6.78. The van der Waals surface area contributed by atoms with Crippen molar-refractivity contribution in [2.45, 2.75) is 38.0 Å². The maximum Gasteiger partial charge on any atom is 0.200 e. The minimum Gasteiger partial charge on any atom is -0.494 e. The summed E-state index contributed by atoms with van der Waals surface area (Å²) in [5.74, 6) is 2.03. The van der Waals surface area contributed by atoms with Gasteiger partial charge in [-0.05, 0) is 51.2 Å². The summed E-state index contributed by atoms with van der Waals surface area (Å²) in [5, 5.41) is 0.536. The number of hydrogen-bond donors (Lipinski definition) is 0. The Morgan fingerprint density at radius 2 is 1.76 bits per heavy atom. The van der Waals surface area contributed by atoms with Crippen molar-refractivity contribution in [3.8, 4) is 17.1 Å². The number of nitrogens with zero attached hydrogens (tertiary/aromatic N) is 4. The summed E-state index contributed by atoms with van der Waals surface area (Å²) in [5.41, 5.74) is 6.73. The predicted molar refractivity (Wildman–Crippen MR) is 157 cm³/mol. The third-order valence-corrected chi connectivity index (χ3v) is 8.49. The van der Waals surface area contributed by atoms with Crippen LogP contribution < -0.4 is 4.74 Å². The topological polar surface area (TPSA) is 71.2 Å². The molecule has 0 fully saturated rings. The van der Waals surface area contributed by atoms with E-state index in [9.17, 15) is 4.21 Å². The Labute approximate surface area is 233 Å². The fourth-order valence-corrected chi connectivity index (χ4v) is 6.02. The van der Waals surface area contributed by atoms with Crippen molar-refractivity contribution in [1.82, 2.24) is 19.1 Å². The average molecular weight is 596 g/mol. The minimum atomic E-state index is -1.25. The van der Waals surface area contributed by atoms with Gasteiger partial charge in [-0.1, -0.05) is 50.2 Å². The van der Waals surface area contributed by atoms with E-state index in [1.807, 2.05) is 34.9 Å². The predicted octanol–water partition coefficient (Wildman–Crippen LogP) is 6.38. The lowest BCUT2D eigenvalue weighted by molar-refractivity contribution is 0.188. The average Bonchev–Trinajstić information content (AvgIpc) is 3.48. The monoisotopic (exact) mass is 594 g/mol. The second-order valence-electron chi connectivity index (χ2n) is 9.53. The first-order valence-electron chi connectivity index (χ1n) is 12.5. The minimum absolute atomic E-state index is 0.453. The van der Waals surface area contributed by atoms with Gasteiger partial charge in [0.2, 0.25) is 0 Å². The molecule has 0 N–H and O–H groups in total. The smallest absolute Gasteiger partial charge is 0.200 e. The number of para-hydroxylation sites is 2. The zero-order chi connectivity index (χ0) is 27.0. The van der Waals surface area contributed by atoms with Gasteiger partial charge >= 0.3 is 0 Å². The van der Waals surface area contributed by atoms with Crippen molar-refractivity contribution in [2.75, 3.05) is 27.1 Å². The van der Waals surface area contributed by atoms with Crippen molar-refractivity contribution in [3.63, 3.8) is 0 Å². The van der Waals surface area contributed by atoms with Gasteiger partial charge < -0.3 is 18.6 Å². The molecule has 0 radical (unpaired) electrons. The van der Waals surface area contributed by atoms with Gasteiger partial charge in [-0.3, -0.25) is 4.21 Å². The molecular formula is C29H31BrN4O3S. The quantitative estimate of drug-likeness (QED) is 0.198. The van der Waals surface area contributed by atoms with Crippen LogP contribution in [0.2, 0.25) is 0 Å². The molecule has 0 aliphatic carbocycles. The number of fused-ring (bicyclic) bond motifs is 2. The molecular weight excluding hydrogens is 564 g/mol. The lowest BCUT2D eigenvalue weighted by Crippen LogP contribution is -2.08. The van der Waals surface area contributed by atoms with Crippen LogP contribution >= 0.6 is 15.9 Å². The fourth-order valence-electron chi connectivity index (χ4n) is 4.80. The second-order valence-corrected chi connectivity index (χ2v) is 11.6. The van der Waals surface area contributed by atoms with Crippen molar-refractivity contribution < 1.29 is 13.7 Å². The summed E-state index contributed by atoms with van der Waals surface area (Å²) in [6.45, 7) is 6.01. The standard InChI is InChI=1S/C29H31BrN4O3S/c1-18(2)19-10-12-20(13-11-19)28-32-26-25(30)21(16-24(37-4)27(26)33(28)14-15-36-3)17-34-23-9-7-6-8-22(23)31-29(34)38(5)35/h6-13,16,18H,14-15,17H2,1-5H3. The van der Waals surface area contributed by atoms with Crippen LogP contribution in [-0.4, -0.2) is 50.4 Å². The highest BCUT2D eigenvalue weighted by Crippen LogP contribution is 2.39. The molecule has 3 aromatic carbocycles. The van der Waals surface area contributed by atoms with Crippen LogP contribution in [0.15, 0.2) is 64.2 Å². The van der Waals surface area contributed by atoms with Gasteiger partial charge in [-0.25, -0.2) is 9.97 Å². The Morgan fingerprint density at radius 3 is 2.42 bits per heavy atom. The van der Waals surface area contributed by atoms with Crippen molar-refractivity contribution in [3.05, 3.63) is 70.2 Å². The summed E-state index contributed by atoms with van der Waals surface area (Å²) in [7, 11) is 2.13. The highest BCUT2D eigenvalue weighted by atomic mass is 79.9. The number of imidazole rings is 2. The molecule has 2 heterocycles. The summed E-state index contributed by atoms with van der Waals surface area (Å²) < 4.78 is 29.0. The highest BCUT2D eigenvalue weighted by molar-refractivity contribution is 9.10. The maximum absolute atomic E-state index is 12.6. The van der Waals surface area contributed by atoms with Gasteiger partial charge in [0.25, 0.3) is 0 Å². The van der Waals surface area contributed by atoms with Crippen LogP contribution in [0, 0.1) is 0 Å². The highest BCUT2D eigenvalue weighted by Gasteiger charge is 2.23. The molecule has 38 heavy (non-hydrogen) atoms. The molecule has 7 nitrogen and oxygen atoms in total. The van der Waals surface area contributed by atoms with Crippen molar-refractivity contribution in [1.29, 1.82) is 0 Å². The molecule has 1 atom stereocenters. The van der Waals surface area contributed by atoms with Gasteiger partial charge in [0.15, 0.2) is 5.16 Å². The Hall–Kier alpha value is -3.01. The third kappa shape index (κ3) is 4.79. The zero-order valence-corrected chi connectivity index (χ0v) is 24.6. The van der Waals surface area contributed by atoms with Crippen LogP contribution in [-0.2, 0) is 28.6 Å².